The van der Waals surface area contributed by atoms with Gasteiger partial charge in [0.05, 0.1) is 5.52 Å². The Labute approximate surface area is 196 Å². The lowest BCUT2D eigenvalue weighted by Crippen LogP contribution is -2.07. The molecule has 0 atom stereocenters. The van der Waals surface area contributed by atoms with Crippen molar-refractivity contribution < 1.29 is 9.53 Å². The Morgan fingerprint density at radius 1 is 0.882 bits per heavy atom. The molecule has 34 heavy (non-hydrogen) atoms. The van der Waals surface area contributed by atoms with Gasteiger partial charge in [-0.3, -0.25) is 4.79 Å². The number of nitrogens with one attached hydrogen (secondary N) is 1. The van der Waals surface area contributed by atoms with E-state index >= 15 is 0 Å². The number of hydrogen-bond donors (Lipinski definition) is 1. The van der Waals surface area contributed by atoms with Crippen LogP contribution in [0, 0.1) is 0 Å². The van der Waals surface area contributed by atoms with E-state index in [4.69, 9.17) is 4.74 Å². The summed E-state index contributed by atoms with van der Waals surface area (Å²) < 4.78 is 5.81. The molecular formula is C28H20N4O2. The zero-order valence-corrected chi connectivity index (χ0v) is 18.2. The average molecular weight is 444 g/mol. The number of ether oxygens (including phenoxy) is 1. The SMILES string of the molecule is C=CC(=O)Nc1cccc(-c2cc(-c3ccc(Oc4ccccn4)cc3)cc3cncnc23)c1. The van der Waals surface area contributed by atoms with Crippen molar-refractivity contribution in [2.45, 2.75) is 0 Å². The number of nitrogens with zero attached hydrogens (tertiary/aromatic N) is 3. The van der Waals surface area contributed by atoms with Crippen molar-refractivity contribution in [1.82, 2.24) is 15.0 Å². The largest absolute Gasteiger partial charge is 0.439 e. The fourth-order valence-corrected chi connectivity index (χ4v) is 3.69. The fourth-order valence-electron chi connectivity index (χ4n) is 3.69. The highest BCUT2D eigenvalue weighted by molar-refractivity contribution is 6.01. The molecule has 3 aromatic carbocycles. The van der Waals surface area contributed by atoms with Gasteiger partial charge < -0.3 is 10.1 Å². The predicted octanol–water partition coefficient (Wildman–Crippen LogP) is 6.28. The zero-order chi connectivity index (χ0) is 23.3. The summed E-state index contributed by atoms with van der Waals surface area (Å²) in [6.45, 7) is 3.51. The highest BCUT2D eigenvalue weighted by Gasteiger charge is 2.11. The smallest absolute Gasteiger partial charge is 0.247 e. The van der Waals surface area contributed by atoms with Gasteiger partial charge in [-0.05, 0) is 65.2 Å². The molecule has 2 aromatic heterocycles. The van der Waals surface area contributed by atoms with Crippen molar-refractivity contribution in [3.8, 4) is 33.9 Å². The van der Waals surface area contributed by atoms with Gasteiger partial charge in [0.1, 0.15) is 12.1 Å². The van der Waals surface area contributed by atoms with E-state index in [0.29, 0.717) is 17.3 Å². The maximum absolute atomic E-state index is 11.8. The van der Waals surface area contributed by atoms with Crippen LogP contribution in [0.3, 0.4) is 0 Å². The Morgan fingerprint density at radius 2 is 1.76 bits per heavy atom. The number of anilines is 1. The normalized spacial score (nSPS) is 10.6. The van der Waals surface area contributed by atoms with E-state index in [0.717, 1.165) is 33.2 Å². The van der Waals surface area contributed by atoms with Gasteiger partial charge in [0.15, 0.2) is 0 Å². The highest BCUT2D eigenvalue weighted by Crippen LogP contribution is 2.34. The van der Waals surface area contributed by atoms with Gasteiger partial charge in [-0.1, -0.05) is 36.9 Å². The average Bonchev–Trinajstić information content (AvgIpc) is 2.89. The van der Waals surface area contributed by atoms with Gasteiger partial charge in [-0.25, -0.2) is 15.0 Å². The molecule has 0 aliphatic carbocycles. The minimum Gasteiger partial charge on any atom is -0.439 e. The predicted molar refractivity (Wildman–Crippen MR) is 134 cm³/mol. The Balaban J connectivity index is 1.53. The monoisotopic (exact) mass is 444 g/mol. The molecule has 2 heterocycles. The third kappa shape index (κ3) is 4.52. The molecule has 0 bridgehead atoms. The number of hydrogen-bond acceptors (Lipinski definition) is 5. The second-order valence-electron chi connectivity index (χ2n) is 7.55. The summed E-state index contributed by atoms with van der Waals surface area (Å²) in [5.74, 6) is 0.993. The molecule has 1 amide bonds. The zero-order valence-electron chi connectivity index (χ0n) is 18.2. The van der Waals surface area contributed by atoms with Crippen LogP contribution in [0.4, 0.5) is 5.69 Å². The van der Waals surface area contributed by atoms with Crippen molar-refractivity contribution in [3.63, 3.8) is 0 Å². The first-order valence-corrected chi connectivity index (χ1v) is 10.7. The number of fused-ring (bicyclic) bond motifs is 1. The van der Waals surface area contributed by atoms with E-state index in [2.05, 4.69) is 39.0 Å². The summed E-state index contributed by atoms with van der Waals surface area (Å²) in [5.41, 5.74) is 5.44. The molecule has 0 saturated carbocycles. The van der Waals surface area contributed by atoms with Crippen LogP contribution in [0.5, 0.6) is 11.6 Å². The number of pyridine rings is 1. The van der Waals surface area contributed by atoms with Gasteiger partial charge in [-0.2, -0.15) is 0 Å². The van der Waals surface area contributed by atoms with Gasteiger partial charge in [0.2, 0.25) is 11.8 Å². The van der Waals surface area contributed by atoms with Crippen molar-refractivity contribution in [2.75, 3.05) is 5.32 Å². The molecule has 0 fully saturated rings. The summed E-state index contributed by atoms with van der Waals surface area (Å²) in [4.78, 5) is 24.7. The highest BCUT2D eigenvalue weighted by atomic mass is 16.5. The van der Waals surface area contributed by atoms with Crippen molar-refractivity contribution in [3.05, 3.63) is 110 Å². The second kappa shape index (κ2) is 9.34. The first kappa shape index (κ1) is 21.0. The molecule has 5 rings (SSSR count). The third-order valence-electron chi connectivity index (χ3n) is 5.28. The Bertz CT molecular complexity index is 1480. The maximum Gasteiger partial charge on any atom is 0.247 e. The lowest BCUT2D eigenvalue weighted by atomic mass is 9.96. The topological polar surface area (TPSA) is 77.0 Å². The van der Waals surface area contributed by atoms with E-state index in [-0.39, 0.29) is 5.91 Å². The summed E-state index contributed by atoms with van der Waals surface area (Å²) in [7, 11) is 0. The van der Waals surface area contributed by atoms with Crippen LogP contribution < -0.4 is 10.1 Å². The lowest BCUT2D eigenvalue weighted by Gasteiger charge is -2.12. The molecule has 0 radical (unpaired) electrons. The van der Waals surface area contributed by atoms with Crippen LogP contribution in [0.25, 0.3) is 33.2 Å². The van der Waals surface area contributed by atoms with Crippen LogP contribution in [0.15, 0.2) is 110 Å². The molecule has 0 aliphatic rings. The van der Waals surface area contributed by atoms with Crippen LogP contribution in [0.2, 0.25) is 0 Å². The quantitative estimate of drug-likeness (QED) is 0.312. The van der Waals surface area contributed by atoms with Crippen LogP contribution >= 0.6 is 0 Å². The number of benzene rings is 3. The maximum atomic E-state index is 11.8. The van der Waals surface area contributed by atoms with Crippen LogP contribution in [-0.4, -0.2) is 20.9 Å². The molecule has 6 heteroatoms. The van der Waals surface area contributed by atoms with E-state index in [1.165, 1.54) is 6.08 Å². The van der Waals surface area contributed by atoms with E-state index in [9.17, 15) is 4.79 Å². The molecule has 164 valence electrons. The second-order valence-corrected chi connectivity index (χ2v) is 7.55. The van der Waals surface area contributed by atoms with Gasteiger partial charge in [0, 0.05) is 35.1 Å². The van der Waals surface area contributed by atoms with Gasteiger partial charge in [-0.15, -0.1) is 0 Å². The molecule has 0 aliphatic heterocycles. The number of rotatable bonds is 6. The third-order valence-corrected chi connectivity index (χ3v) is 5.28. The molecule has 5 aromatic rings. The number of carbonyl (C=O) groups excluding carboxylic acids is 1. The molecule has 0 spiro atoms. The number of aromatic nitrogens is 3. The van der Waals surface area contributed by atoms with Crippen LogP contribution in [-0.2, 0) is 4.79 Å². The molecular weight excluding hydrogens is 424 g/mol. The summed E-state index contributed by atoms with van der Waals surface area (Å²) >= 11 is 0. The van der Waals surface area contributed by atoms with E-state index < -0.39 is 0 Å². The Morgan fingerprint density at radius 3 is 2.56 bits per heavy atom. The summed E-state index contributed by atoms with van der Waals surface area (Å²) in [6.07, 6.45) is 6.28. The van der Waals surface area contributed by atoms with Crippen molar-refractivity contribution in [1.29, 1.82) is 0 Å². The molecule has 0 saturated heterocycles. The fraction of sp³-hybridized carbons (Fsp3) is 0. The van der Waals surface area contributed by atoms with Crippen LogP contribution in [0.1, 0.15) is 0 Å². The first-order valence-electron chi connectivity index (χ1n) is 10.7. The molecule has 0 unspecified atom stereocenters. The number of carbonyl (C=O) groups is 1. The Kier molecular flexibility index (Phi) is 5.78. The van der Waals surface area contributed by atoms with E-state index in [1.54, 1.807) is 18.7 Å². The molecule has 6 nitrogen and oxygen atoms in total. The summed E-state index contributed by atoms with van der Waals surface area (Å²) in [5, 5.41) is 3.73. The summed E-state index contributed by atoms with van der Waals surface area (Å²) in [6, 6.07) is 25.2. The lowest BCUT2D eigenvalue weighted by molar-refractivity contribution is -0.111. The Hall–Kier alpha value is -4.84. The standard InChI is InChI=1S/C28H20N4O2/c1-2-26(33)32-23-7-5-6-20(15-23)25-16-21(14-22-17-29-18-31-28(22)25)19-9-11-24(12-10-19)34-27-8-3-4-13-30-27/h2-18H,1H2,(H,32,33). The molecule has 1 N–H and O–H groups in total. The van der Waals surface area contributed by atoms with Gasteiger partial charge >= 0.3 is 0 Å². The van der Waals surface area contributed by atoms with Crippen molar-refractivity contribution >= 4 is 22.5 Å². The van der Waals surface area contributed by atoms with Crippen molar-refractivity contribution in [2.24, 2.45) is 0 Å². The van der Waals surface area contributed by atoms with E-state index in [1.807, 2.05) is 66.7 Å². The minimum atomic E-state index is -0.258. The first-order chi connectivity index (χ1) is 16.7. The minimum absolute atomic E-state index is 0.258. The number of amides is 1. The van der Waals surface area contributed by atoms with Gasteiger partial charge in [0.25, 0.3) is 0 Å².